The highest BCUT2D eigenvalue weighted by atomic mass is 35.5. The molecule has 0 amide bonds. The van der Waals surface area contributed by atoms with Crippen LogP contribution in [0.25, 0.3) is 10.9 Å². The third-order valence-electron chi connectivity index (χ3n) is 8.86. The number of aromatic nitrogens is 1. The van der Waals surface area contributed by atoms with Crippen LogP contribution in [-0.2, 0) is 13.1 Å². The summed E-state index contributed by atoms with van der Waals surface area (Å²) in [7, 11) is 0. The van der Waals surface area contributed by atoms with E-state index in [1.165, 1.54) is 55.0 Å². The van der Waals surface area contributed by atoms with Gasteiger partial charge in [-0.1, -0.05) is 47.5 Å². The third-order valence-corrected chi connectivity index (χ3v) is 9.57. The molecule has 1 aromatic heterocycles. The average molecular weight is 467 g/mol. The lowest BCUT2D eigenvalue weighted by Crippen LogP contribution is -2.54. The lowest BCUT2D eigenvalue weighted by molar-refractivity contribution is -0.0706. The fraction of sp³-hybridized carbons (Fsp3) is 0.500. The van der Waals surface area contributed by atoms with E-state index in [0.29, 0.717) is 18.0 Å². The number of halogens is 2. The predicted octanol–water partition coefficient (Wildman–Crippen LogP) is 7.69. The van der Waals surface area contributed by atoms with Crippen molar-refractivity contribution in [2.24, 2.45) is 23.2 Å². The topological polar surface area (TPSA) is 17.0 Å². The number of benzene rings is 2. The molecule has 7 rings (SSSR count). The first kappa shape index (κ1) is 21.1. The van der Waals surface area contributed by atoms with Gasteiger partial charge in [-0.25, -0.2) is 0 Å². The summed E-state index contributed by atoms with van der Waals surface area (Å²) in [6, 6.07) is 15.0. The van der Waals surface area contributed by atoms with Crippen molar-refractivity contribution in [3.63, 3.8) is 0 Å². The maximum absolute atomic E-state index is 6.48. The van der Waals surface area contributed by atoms with Crippen LogP contribution >= 0.6 is 23.2 Å². The molecule has 1 atom stereocenters. The molecule has 0 unspecified atom stereocenters. The van der Waals surface area contributed by atoms with Gasteiger partial charge in [0.1, 0.15) is 0 Å². The zero-order valence-electron chi connectivity index (χ0n) is 18.8. The molecule has 4 heteroatoms. The predicted molar refractivity (Wildman–Crippen MR) is 134 cm³/mol. The largest absolute Gasteiger partial charge is 0.343 e. The van der Waals surface area contributed by atoms with Crippen molar-refractivity contribution in [1.29, 1.82) is 0 Å². The van der Waals surface area contributed by atoms with E-state index in [1.807, 2.05) is 18.2 Å². The van der Waals surface area contributed by atoms with Crippen LogP contribution in [0.15, 0.2) is 48.7 Å². The standard InChI is InChI=1S/C28H32Cl2N2/c1-18(28-12-19-9-20(13-28)11-21(10-19)14-28)31-15-22-16-32(27-8-3-2-5-23(22)27)17-24-25(29)6-4-7-26(24)30/h2-8,16,18-21,31H,9-15,17H2,1H3/t18-,19?,20?,21?,28?/m1/s1. The van der Waals surface area contributed by atoms with Gasteiger partial charge in [0.15, 0.2) is 0 Å². The summed E-state index contributed by atoms with van der Waals surface area (Å²) in [6.07, 6.45) is 11.1. The second-order valence-electron chi connectivity index (χ2n) is 10.9. The Hall–Kier alpha value is -1.48. The molecule has 1 heterocycles. The molecule has 2 aromatic carbocycles. The zero-order valence-corrected chi connectivity index (χ0v) is 20.3. The Balaban J connectivity index is 1.24. The first-order valence-corrected chi connectivity index (χ1v) is 13.0. The van der Waals surface area contributed by atoms with Gasteiger partial charge in [0.05, 0.1) is 6.54 Å². The van der Waals surface area contributed by atoms with Crippen LogP contribution in [0.3, 0.4) is 0 Å². The Kier molecular flexibility index (Phi) is 5.32. The van der Waals surface area contributed by atoms with Crippen LogP contribution in [0.1, 0.15) is 56.6 Å². The number of rotatable bonds is 6. The Labute approximate surface area is 201 Å². The summed E-state index contributed by atoms with van der Waals surface area (Å²) in [5.74, 6) is 2.98. The van der Waals surface area contributed by atoms with E-state index >= 15 is 0 Å². The van der Waals surface area contributed by atoms with E-state index < -0.39 is 0 Å². The second kappa shape index (κ2) is 8.08. The lowest BCUT2D eigenvalue weighted by atomic mass is 9.48. The van der Waals surface area contributed by atoms with Crippen molar-refractivity contribution in [3.8, 4) is 0 Å². The van der Waals surface area contributed by atoms with Crippen LogP contribution in [0, 0.1) is 23.2 Å². The fourth-order valence-corrected chi connectivity index (χ4v) is 8.15. The number of hydrogen-bond acceptors (Lipinski definition) is 1. The Bertz CT molecular complexity index is 1090. The molecule has 4 bridgehead atoms. The van der Waals surface area contributed by atoms with Gasteiger partial charge < -0.3 is 9.88 Å². The molecule has 4 aliphatic carbocycles. The lowest BCUT2D eigenvalue weighted by Gasteiger charge is -2.59. The van der Waals surface area contributed by atoms with Crippen molar-refractivity contribution in [1.82, 2.24) is 9.88 Å². The number of nitrogens with zero attached hydrogens (tertiary/aromatic N) is 1. The van der Waals surface area contributed by atoms with E-state index in [4.69, 9.17) is 23.2 Å². The number of para-hydroxylation sites is 1. The Morgan fingerprint density at radius 2 is 1.56 bits per heavy atom. The molecule has 4 saturated carbocycles. The first-order valence-electron chi connectivity index (χ1n) is 12.2. The molecule has 1 N–H and O–H groups in total. The molecule has 2 nitrogen and oxygen atoms in total. The van der Waals surface area contributed by atoms with Crippen molar-refractivity contribution in [3.05, 3.63) is 69.8 Å². The number of hydrogen-bond donors (Lipinski definition) is 1. The molecule has 3 aromatic rings. The molecule has 0 radical (unpaired) electrons. The van der Waals surface area contributed by atoms with E-state index in [-0.39, 0.29) is 0 Å². The summed E-state index contributed by atoms with van der Waals surface area (Å²) in [5, 5.41) is 6.76. The minimum atomic E-state index is 0.526. The normalized spacial score (nSPS) is 29.7. The van der Waals surface area contributed by atoms with Gasteiger partial charge >= 0.3 is 0 Å². The van der Waals surface area contributed by atoms with E-state index in [9.17, 15) is 0 Å². The molecule has 32 heavy (non-hydrogen) atoms. The molecular formula is C28H32Cl2N2. The van der Waals surface area contributed by atoms with Gasteiger partial charge in [0.25, 0.3) is 0 Å². The van der Waals surface area contributed by atoms with Crippen LogP contribution in [0.2, 0.25) is 10.0 Å². The van der Waals surface area contributed by atoms with Crippen LogP contribution < -0.4 is 5.32 Å². The quantitative estimate of drug-likeness (QED) is 0.393. The summed E-state index contributed by atoms with van der Waals surface area (Å²) in [6.45, 7) is 4.05. The highest BCUT2D eigenvalue weighted by molar-refractivity contribution is 6.36. The minimum absolute atomic E-state index is 0.526. The highest BCUT2D eigenvalue weighted by Gasteiger charge is 2.52. The molecule has 4 aliphatic rings. The first-order chi connectivity index (χ1) is 15.5. The third kappa shape index (κ3) is 3.59. The van der Waals surface area contributed by atoms with Crippen LogP contribution in [0.4, 0.5) is 0 Å². The molecule has 0 saturated heterocycles. The summed E-state index contributed by atoms with van der Waals surface area (Å²) in [5.41, 5.74) is 4.11. The molecule has 168 valence electrons. The maximum Gasteiger partial charge on any atom is 0.0505 e. The molecular weight excluding hydrogens is 435 g/mol. The van der Waals surface area contributed by atoms with Crippen molar-refractivity contribution in [2.45, 2.75) is 64.6 Å². The SMILES string of the molecule is C[C@@H](NCc1cn(Cc2c(Cl)cccc2Cl)c2ccccc12)C12CC3CC(CC(C3)C1)C2. The van der Waals surface area contributed by atoms with Crippen LogP contribution in [-0.4, -0.2) is 10.6 Å². The summed E-state index contributed by atoms with van der Waals surface area (Å²) >= 11 is 13.0. The van der Waals surface area contributed by atoms with Crippen molar-refractivity contribution >= 4 is 34.1 Å². The van der Waals surface area contributed by atoms with Crippen molar-refractivity contribution in [2.75, 3.05) is 0 Å². The van der Waals surface area contributed by atoms with E-state index in [2.05, 4.69) is 47.3 Å². The average Bonchev–Trinajstić information content (AvgIpc) is 3.11. The second-order valence-corrected chi connectivity index (χ2v) is 11.7. The van der Waals surface area contributed by atoms with Gasteiger partial charge in [-0.2, -0.15) is 0 Å². The molecule has 4 fully saturated rings. The van der Waals surface area contributed by atoms with Gasteiger partial charge in [-0.3, -0.25) is 0 Å². The number of nitrogens with one attached hydrogen (secondary N) is 1. The Morgan fingerprint density at radius 1 is 0.938 bits per heavy atom. The van der Waals surface area contributed by atoms with Gasteiger partial charge in [0.2, 0.25) is 0 Å². The van der Waals surface area contributed by atoms with E-state index in [0.717, 1.165) is 39.9 Å². The fourth-order valence-electron chi connectivity index (χ4n) is 7.64. The Morgan fingerprint density at radius 3 is 2.22 bits per heavy atom. The highest BCUT2D eigenvalue weighted by Crippen LogP contribution is 2.61. The smallest absolute Gasteiger partial charge is 0.0505 e. The summed E-state index contributed by atoms with van der Waals surface area (Å²) < 4.78 is 2.30. The van der Waals surface area contributed by atoms with E-state index in [1.54, 1.807) is 0 Å². The maximum atomic E-state index is 6.48. The van der Waals surface area contributed by atoms with Crippen molar-refractivity contribution < 1.29 is 0 Å². The van der Waals surface area contributed by atoms with Gasteiger partial charge in [-0.05, 0) is 92.4 Å². The molecule has 0 spiro atoms. The molecule has 0 aliphatic heterocycles. The minimum Gasteiger partial charge on any atom is -0.343 e. The monoisotopic (exact) mass is 466 g/mol. The van der Waals surface area contributed by atoms with Crippen LogP contribution in [0.5, 0.6) is 0 Å². The summed E-state index contributed by atoms with van der Waals surface area (Å²) in [4.78, 5) is 0. The van der Waals surface area contributed by atoms with Gasteiger partial charge in [-0.15, -0.1) is 0 Å². The van der Waals surface area contributed by atoms with Gasteiger partial charge in [0, 0.05) is 45.3 Å². The zero-order chi connectivity index (χ0) is 21.9. The number of fused-ring (bicyclic) bond motifs is 1.